The lowest BCUT2D eigenvalue weighted by Crippen LogP contribution is -2.21. The zero-order valence-corrected chi connectivity index (χ0v) is 15.0. The average Bonchev–Trinajstić information content (AvgIpc) is 2.98. The monoisotopic (exact) mass is 425 g/mol. The van der Waals surface area contributed by atoms with Crippen LogP contribution in [-0.4, -0.2) is 27.5 Å². The van der Waals surface area contributed by atoms with Crippen LogP contribution in [0.4, 0.5) is 26.3 Å². The Morgan fingerprint density at radius 3 is 2.44 bits per heavy atom. The molecule has 0 saturated carbocycles. The van der Waals surface area contributed by atoms with E-state index in [0.29, 0.717) is 13.4 Å². The molecule has 0 aliphatic carbocycles. The maximum absolute atomic E-state index is 13.2. The van der Waals surface area contributed by atoms with E-state index in [4.69, 9.17) is 11.6 Å². The molecule has 0 aliphatic rings. The number of alkyl halides is 6. The predicted octanol–water partition coefficient (Wildman–Crippen LogP) is 5.34. The van der Waals surface area contributed by atoms with Crippen LogP contribution >= 0.6 is 34.7 Å². The van der Waals surface area contributed by atoms with E-state index in [1.807, 2.05) is 0 Å². The zero-order chi connectivity index (χ0) is 19.0. The van der Waals surface area contributed by atoms with Crippen LogP contribution in [-0.2, 0) is 13.2 Å². The maximum Gasteiger partial charge on any atom is 0.435 e. The van der Waals surface area contributed by atoms with Gasteiger partial charge in [-0.05, 0) is 6.92 Å². The van der Waals surface area contributed by atoms with Crippen LogP contribution in [0.2, 0.25) is 4.34 Å². The van der Waals surface area contributed by atoms with Crippen molar-refractivity contribution < 1.29 is 31.1 Å². The highest BCUT2D eigenvalue weighted by Gasteiger charge is 2.42. The molecule has 13 heteroatoms. The second-order valence-electron chi connectivity index (χ2n) is 4.78. The van der Waals surface area contributed by atoms with Crippen LogP contribution in [0.25, 0.3) is 0 Å². The summed E-state index contributed by atoms with van der Waals surface area (Å²) in [4.78, 5) is 3.92. The molecule has 0 radical (unpaired) electrons. The van der Waals surface area contributed by atoms with Crippen molar-refractivity contribution in [2.45, 2.75) is 28.9 Å². The van der Waals surface area contributed by atoms with Gasteiger partial charge in [-0.25, -0.2) is 9.67 Å². The molecule has 0 spiro atoms. The summed E-state index contributed by atoms with van der Waals surface area (Å²) in [5.74, 6) is -0.590. The van der Waals surface area contributed by atoms with Gasteiger partial charge in [-0.2, -0.15) is 31.4 Å². The Hall–Kier alpha value is -1.14. The first kappa shape index (κ1) is 20.2. The van der Waals surface area contributed by atoms with Crippen molar-refractivity contribution in [3.05, 3.63) is 21.8 Å². The van der Waals surface area contributed by atoms with Gasteiger partial charge >= 0.3 is 12.4 Å². The van der Waals surface area contributed by atoms with Crippen LogP contribution in [0.3, 0.4) is 0 Å². The highest BCUT2D eigenvalue weighted by molar-refractivity contribution is 8.01. The lowest BCUT2D eigenvalue weighted by molar-refractivity contribution is -0.154. The first-order chi connectivity index (χ1) is 11.4. The van der Waals surface area contributed by atoms with E-state index in [2.05, 4.69) is 14.8 Å². The molecule has 4 nitrogen and oxygen atoms in total. The van der Waals surface area contributed by atoms with E-state index in [9.17, 15) is 26.3 Å². The van der Waals surface area contributed by atoms with Gasteiger partial charge < -0.3 is 4.74 Å². The van der Waals surface area contributed by atoms with Crippen LogP contribution in [0, 0.1) is 0 Å². The minimum absolute atomic E-state index is 0.338. The Labute approximate surface area is 151 Å². The molecule has 2 rings (SSSR count). The smallest absolute Gasteiger partial charge is 0.435 e. The van der Waals surface area contributed by atoms with Crippen molar-refractivity contribution in [2.75, 3.05) is 6.61 Å². The van der Waals surface area contributed by atoms with Gasteiger partial charge in [0, 0.05) is 12.3 Å². The summed E-state index contributed by atoms with van der Waals surface area (Å²) in [6.45, 7) is -0.329. The van der Waals surface area contributed by atoms with Gasteiger partial charge in [-0.1, -0.05) is 34.7 Å². The van der Waals surface area contributed by atoms with E-state index < -0.39 is 41.3 Å². The highest BCUT2D eigenvalue weighted by atomic mass is 35.5. The van der Waals surface area contributed by atoms with Gasteiger partial charge in [0.1, 0.15) is 4.34 Å². The Balaban J connectivity index is 2.40. The van der Waals surface area contributed by atoms with Crippen LogP contribution in [0.15, 0.2) is 10.5 Å². The predicted molar refractivity (Wildman–Crippen MR) is 81.2 cm³/mol. The number of rotatable bonds is 5. The van der Waals surface area contributed by atoms with E-state index >= 15 is 0 Å². The van der Waals surface area contributed by atoms with E-state index in [1.165, 1.54) is 13.1 Å². The first-order valence-corrected chi connectivity index (χ1v) is 8.57. The van der Waals surface area contributed by atoms with Gasteiger partial charge in [-0.3, -0.25) is 0 Å². The molecular formula is C12H10ClF6N3OS2. The Bertz CT molecular complexity index is 742. The Morgan fingerprint density at radius 2 is 1.96 bits per heavy atom. The summed E-state index contributed by atoms with van der Waals surface area (Å²) < 4.78 is 82.8. The highest BCUT2D eigenvalue weighted by Crippen LogP contribution is 2.46. The number of thioether (sulfide) groups is 1. The summed E-state index contributed by atoms with van der Waals surface area (Å²) in [7, 11) is 1.09. The summed E-state index contributed by atoms with van der Waals surface area (Å²) >= 11 is 7.68. The Morgan fingerprint density at radius 1 is 1.32 bits per heavy atom. The van der Waals surface area contributed by atoms with Crippen molar-refractivity contribution in [1.29, 1.82) is 0 Å². The molecule has 0 fully saturated rings. The number of aryl methyl sites for hydroxylation is 1. The lowest BCUT2D eigenvalue weighted by atomic mass is 10.2. The van der Waals surface area contributed by atoms with Gasteiger partial charge in [0.25, 0.3) is 0 Å². The maximum atomic E-state index is 13.2. The van der Waals surface area contributed by atoms with Gasteiger partial charge in [-0.15, -0.1) is 0 Å². The molecule has 0 N–H and O–H groups in total. The molecule has 140 valence electrons. The summed E-state index contributed by atoms with van der Waals surface area (Å²) in [5.41, 5.74) is -1.77. The molecule has 0 bridgehead atoms. The molecule has 0 amide bonds. The molecule has 2 aromatic rings. The van der Waals surface area contributed by atoms with Gasteiger partial charge in [0.15, 0.2) is 16.6 Å². The number of hydrogen-bond acceptors (Lipinski definition) is 5. The third kappa shape index (κ3) is 5.17. The largest absolute Gasteiger partial charge is 0.468 e. The van der Waals surface area contributed by atoms with Crippen molar-refractivity contribution in [2.24, 2.45) is 7.05 Å². The molecule has 0 saturated heterocycles. The third-order valence-corrected chi connectivity index (χ3v) is 5.16. The minimum atomic E-state index is -4.84. The molecule has 25 heavy (non-hydrogen) atoms. The summed E-state index contributed by atoms with van der Waals surface area (Å²) in [6, 6.07) is 0. The zero-order valence-electron chi connectivity index (χ0n) is 12.6. The van der Waals surface area contributed by atoms with Crippen molar-refractivity contribution in [3.8, 4) is 5.88 Å². The third-order valence-electron chi connectivity index (χ3n) is 2.81. The van der Waals surface area contributed by atoms with Crippen LogP contribution < -0.4 is 4.74 Å². The lowest BCUT2D eigenvalue weighted by Gasteiger charge is -2.15. The number of thiazole rings is 1. The number of nitrogens with zero attached hydrogens (tertiary/aromatic N) is 3. The van der Waals surface area contributed by atoms with Crippen LogP contribution in [0.5, 0.6) is 5.88 Å². The van der Waals surface area contributed by atoms with Gasteiger partial charge in [0.05, 0.1) is 11.8 Å². The number of halogens is 7. The standard InChI is InChI=1S/C12H10ClF6N3OS2/c1-5(24-10-20-3-6(13)25-10)7-8(12(17,18)19)21-22(2)9(7)23-4-11(14,15)16/h3,5H,4H2,1-2H3. The molecule has 2 aromatic heterocycles. The quantitative estimate of drug-likeness (QED) is 0.478. The number of hydrogen-bond donors (Lipinski definition) is 0. The normalized spacial score (nSPS) is 14.0. The number of aromatic nitrogens is 3. The summed E-state index contributed by atoms with van der Waals surface area (Å²) in [5, 5.41) is 2.37. The molecule has 0 aromatic carbocycles. The van der Waals surface area contributed by atoms with E-state index in [1.54, 1.807) is 0 Å². The van der Waals surface area contributed by atoms with Crippen molar-refractivity contribution in [1.82, 2.24) is 14.8 Å². The second-order valence-corrected chi connectivity index (χ2v) is 8.03. The van der Waals surface area contributed by atoms with E-state index in [-0.39, 0.29) is 0 Å². The fourth-order valence-corrected chi connectivity index (χ4v) is 4.35. The summed E-state index contributed by atoms with van der Waals surface area (Å²) in [6.07, 6.45) is -8.21. The fraction of sp³-hybridized carbons (Fsp3) is 0.500. The minimum Gasteiger partial charge on any atom is -0.468 e. The molecule has 1 unspecified atom stereocenters. The van der Waals surface area contributed by atoms with E-state index in [0.717, 1.165) is 30.1 Å². The topological polar surface area (TPSA) is 39.9 Å². The van der Waals surface area contributed by atoms with Crippen molar-refractivity contribution >= 4 is 34.7 Å². The molecular weight excluding hydrogens is 416 g/mol. The number of ether oxygens (including phenoxy) is 1. The van der Waals surface area contributed by atoms with Gasteiger partial charge in [0.2, 0.25) is 5.88 Å². The molecule has 2 heterocycles. The average molecular weight is 426 g/mol. The molecule has 1 atom stereocenters. The van der Waals surface area contributed by atoms with Crippen molar-refractivity contribution in [3.63, 3.8) is 0 Å². The SMILES string of the molecule is CC(Sc1ncc(Cl)s1)c1c(C(F)(F)F)nn(C)c1OCC(F)(F)F. The first-order valence-electron chi connectivity index (χ1n) is 6.50. The molecule has 0 aliphatic heterocycles. The van der Waals surface area contributed by atoms with Crippen LogP contribution in [0.1, 0.15) is 23.4 Å². The second kappa shape index (κ2) is 7.23. The fourth-order valence-electron chi connectivity index (χ4n) is 1.93. The Kier molecular flexibility index (Phi) is 5.84.